The van der Waals surface area contributed by atoms with Gasteiger partial charge in [-0.25, -0.2) is 4.79 Å². The van der Waals surface area contributed by atoms with Crippen molar-refractivity contribution in [1.29, 1.82) is 0 Å². The van der Waals surface area contributed by atoms with E-state index in [1.54, 1.807) is 24.3 Å². The summed E-state index contributed by atoms with van der Waals surface area (Å²) in [5.74, 6) is 0.0350. The maximum absolute atomic E-state index is 13.4. The zero-order chi connectivity index (χ0) is 27.7. The molecule has 39 heavy (non-hydrogen) atoms. The first-order chi connectivity index (χ1) is 18.8. The zero-order valence-electron chi connectivity index (χ0n) is 22.2. The van der Waals surface area contributed by atoms with Crippen LogP contribution in [0.5, 0.6) is 11.5 Å². The molecule has 0 radical (unpaired) electrons. The van der Waals surface area contributed by atoms with Crippen LogP contribution in [0.3, 0.4) is 0 Å². The number of carbonyl (C=O) groups is 3. The third-order valence-electron chi connectivity index (χ3n) is 7.65. The predicted molar refractivity (Wildman–Crippen MR) is 155 cm³/mol. The molecule has 0 aromatic heterocycles. The first-order valence-electron chi connectivity index (χ1n) is 13.5. The molecular weight excluding hydrogens is 609 g/mol. The number of carboxylic acids is 1. The van der Waals surface area contributed by atoms with Crippen molar-refractivity contribution in [1.82, 2.24) is 4.90 Å². The van der Waals surface area contributed by atoms with E-state index in [2.05, 4.69) is 34.4 Å². The van der Waals surface area contributed by atoms with E-state index in [1.165, 1.54) is 0 Å². The van der Waals surface area contributed by atoms with E-state index >= 15 is 0 Å². The lowest BCUT2D eigenvalue weighted by Crippen LogP contribution is -2.39. The summed E-state index contributed by atoms with van der Waals surface area (Å²) in [6, 6.07) is 10.5. The SMILES string of the molecule is CCOc1cc(C2C3=C(CCCC3=O)N(CC)C3=C2C(=O)CCC3)cc(I)c1OCc1ccc(C(=O)O)cc1. The van der Waals surface area contributed by atoms with E-state index < -0.39 is 11.9 Å². The van der Waals surface area contributed by atoms with Gasteiger partial charge in [0.2, 0.25) is 0 Å². The number of Topliss-reactive ketones (excluding diaryl/α,β-unsaturated/α-hetero) is 2. The van der Waals surface area contributed by atoms with Gasteiger partial charge < -0.3 is 19.5 Å². The summed E-state index contributed by atoms with van der Waals surface area (Å²) in [4.78, 5) is 40.3. The number of ether oxygens (including phenoxy) is 2. The summed E-state index contributed by atoms with van der Waals surface area (Å²) in [5.41, 5.74) is 5.61. The Morgan fingerprint density at radius 3 is 2.10 bits per heavy atom. The Balaban J connectivity index is 1.56. The smallest absolute Gasteiger partial charge is 0.335 e. The fourth-order valence-corrected chi connectivity index (χ4v) is 6.77. The van der Waals surface area contributed by atoms with Gasteiger partial charge in [0.1, 0.15) is 6.61 Å². The van der Waals surface area contributed by atoms with Gasteiger partial charge in [0, 0.05) is 47.8 Å². The summed E-state index contributed by atoms with van der Waals surface area (Å²) in [6.45, 7) is 5.41. The van der Waals surface area contributed by atoms with Crippen molar-refractivity contribution in [2.75, 3.05) is 13.2 Å². The highest BCUT2D eigenvalue weighted by atomic mass is 127. The summed E-state index contributed by atoms with van der Waals surface area (Å²) in [7, 11) is 0. The quantitative estimate of drug-likeness (QED) is 0.334. The fraction of sp³-hybridized carbons (Fsp3) is 0.387. The van der Waals surface area contributed by atoms with Crippen LogP contribution in [0.25, 0.3) is 0 Å². The van der Waals surface area contributed by atoms with E-state index in [-0.39, 0.29) is 23.7 Å². The Morgan fingerprint density at radius 2 is 1.56 bits per heavy atom. The van der Waals surface area contributed by atoms with Crippen LogP contribution >= 0.6 is 22.6 Å². The molecule has 7 nitrogen and oxygen atoms in total. The molecule has 2 aliphatic carbocycles. The topological polar surface area (TPSA) is 93.1 Å². The van der Waals surface area contributed by atoms with Crippen LogP contribution in [0.4, 0.5) is 0 Å². The van der Waals surface area contributed by atoms with E-state index in [4.69, 9.17) is 14.6 Å². The van der Waals surface area contributed by atoms with Crippen LogP contribution in [0.1, 0.15) is 79.8 Å². The summed E-state index contributed by atoms with van der Waals surface area (Å²) in [5, 5.41) is 9.16. The standard InChI is InChI=1S/C31H32INO6/c1-3-33-22-7-5-9-24(34)28(22)27(29-23(33)8-6-10-25(29)35)20-15-21(32)30(26(16-20)38-4-2)39-17-18-11-13-19(14-12-18)31(36)37/h11-16,27H,3-10,17H2,1-2H3,(H,36,37). The van der Waals surface area contributed by atoms with Gasteiger partial charge in [-0.1, -0.05) is 12.1 Å². The van der Waals surface area contributed by atoms with Gasteiger partial charge in [-0.3, -0.25) is 9.59 Å². The second-order valence-electron chi connectivity index (χ2n) is 10.0. The first-order valence-corrected chi connectivity index (χ1v) is 14.6. The third kappa shape index (κ3) is 5.23. The van der Waals surface area contributed by atoms with Crippen LogP contribution in [-0.4, -0.2) is 40.7 Å². The molecule has 204 valence electrons. The molecule has 0 atom stereocenters. The summed E-state index contributed by atoms with van der Waals surface area (Å²) < 4.78 is 13.1. The van der Waals surface area contributed by atoms with E-state index in [0.29, 0.717) is 30.9 Å². The minimum absolute atomic E-state index is 0.128. The molecule has 0 fully saturated rings. The van der Waals surface area contributed by atoms with Crippen LogP contribution in [0.2, 0.25) is 0 Å². The highest BCUT2D eigenvalue weighted by molar-refractivity contribution is 14.1. The molecular formula is C31H32INO6. The molecule has 3 aliphatic rings. The minimum atomic E-state index is -0.972. The van der Waals surface area contributed by atoms with Crippen molar-refractivity contribution < 1.29 is 29.0 Å². The van der Waals surface area contributed by atoms with Crippen LogP contribution in [-0.2, 0) is 16.2 Å². The molecule has 0 spiro atoms. The number of nitrogens with zero attached hydrogens (tertiary/aromatic N) is 1. The minimum Gasteiger partial charge on any atom is -0.490 e. The van der Waals surface area contributed by atoms with Crippen LogP contribution in [0, 0.1) is 3.57 Å². The van der Waals surface area contributed by atoms with Crippen molar-refractivity contribution in [3.63, 3.8) is 0 Å². The Labute approximate surface area is 242 Å². The normalized spacial score (nSPS) is 17.8. The predicted octanol–water partition coefficient (Wildman–Crippen LogP) is 6.40. The number of aromatic carboxylic acids is 1. The lowest BCUT2D eigenvalue weighted by atomic mass is 9.71. The number of ketones is 2. The Kier molecular flexibility index (Phi) is 8.11. The van der Waals surface area contributed by atoms with Crippen molar-refractivity contribution in [2.24, 2.45) is 0 Å². The van der Waals surface area contributed by atoms with Gasteiger partial charge in [-0.2, -0.15) is 0 Å². The number of benzene rings is 2. The summed E-state index contributed by atoms with van der Waals surface area (Å²) >= 11 is 2.23. The number of hydrogen-bond donors (Lipinski definition) is 1. The van der Waals surface area contributed by atoms with Gasteiger partial charge in [0.15, 0.2) is 23.1 Å². The largest absolute Gasteiger partial charge is 0.490 e. The van der Waals surface area contributed by atoms with Gasteiger partial charge in [-0.15, -0.1) is 0 Å². The number of carbonyl (C=O) groups excluding carboxylic acids is 2. The number of hydrogen-bond acceptors (Lipinski definition) is 6. The molecule has 1 heterocycles. The molecule has 1 aliphatic heterocycles. The average molecular weight is 642 g/mol. The zero-order valence-corrected chi connectivity index (χ0v) is 24.4. The van der Waals surface area contributed by atoms with Crippen molar-refractivity contribution in [3.8, 4) is 11.5 Å². The summed E-state index contributed by atoms with van der Waals surface area (Å²) in [6.07, 6.45) is 4.35. The number of allylic oxidation sites excluding steroid dienone is 4. The lowest BCUT2D eigenvalue weighted by Gasteiger charge is -2.43. The molecule has 0 saturated heterocycles. The Morgan fingerprint density at radius 1 is 0.949 bits per heavy atom. The highest BCUT2D eigenvalue weighted by Gasteiger charge is 2.43. The maximum atomic E-state index is 13.4. The van der Waals surface area contributed by atoms with Gasteiger partial charge in [0.25, 0.3) is 0 Å². The average Bonchev–Trinajstić information content (AvgIpc) is 2.92. The van der Waals surface area contributed by atoms with Crippen molar-refractivity contribution in [2.45, 2.75) is 64.9 Å². The number of rotatable bonds is 8. The van der Waals surface area contributed by atoms with Gasteiger partial charge >= 0.3 is 5.97 Å². The fourth-order valence-electron chi connectivity index (χ4n) is 5.99. The highest BCUT2D eigenvalue weighted by Crippen LogP contribution is 2.50. The lowest BCUT2D eigenvalue weighted by molar-refractivity contribution is -0.117. The van der Waals surface area contributed by atoms with Crippen molar-refractivity contribution in [3.05, 3.63) is 79.2 Å². The van der Waals surface area contributed by atoms with E-state index in [9.17, 15) is 14.4 Å². The maximum Gasteiger partial charge on any atom is 0.335 e. The Hall–Kier alpha value is -3.14. The second kappa shape index (κ2) is 11.5. The molecule has 0 saturated carbocycles. The van der Waals surface area contributed by atoms with Gasteiger partial charge in [0.05, 0.1) is 15.7 Å². The van der Waals surface area contributed by atoms with E-state index in [1.807, 2.05) is 19.1 Å². The Bertz CT molecular complexity index is 1350. The second-order valence-corrected chi connectivity index (χ2v) is 11.2. The monoisotopic (exact) mass is 641 g/mol. The molecule has 5 rings (SSSR count). The van der Waals surface area contributed by atoms with Crippen LogP contribution < -0.4 is 9.47 Å². The number of halogens is 1. The van der Waals surface area contributed by atoms with Crippen molar-refractivity contribution >= 4 is 40.1 Å². The molecule has 0 amide bonds. The molecule has 8 heteroatoms. The molecule has 2 aromatic rings. The van der Waals surface area contributed by atoms with Crippen LogP contribution in [0.15, 0.2) is 58.9 Å². The molecule has 0 unspecified atom stereocenters. The molecule has 0 bridgehead atoms. The first kappa shape index (κ1) is 27.4. The molecule has 2 aromatic carbocycles. The van der Waals surface area contributed by atoms with Gasteiger partial charge in [-0.05, 0) is 97.5 Å². The number of carboxylic acid groups (broad SMARTS) is 1. The van der Waals surface area contributed by atoms with E-state index in [0.717, 1.165) is 69.5 Å². The molecule has 1 N–H and O–H groups in total. The third-order valence-corrected chi connectivity index (χ3v) is 8.45.